The minimum Gasteiger partial charge on any atom is -0.336 e. The predicted octanol–water partition coefficient (Wildman–Crippen LogP) is 1.59. The minimum absolute atomic E-state index is 0.0705. The van der Waals surface area contributed by atoms with Crippen molar-refractivity contribution in [2.24, 2.45) is 11.7 Å². The average molecular weight is 299 g/mol. The molecule has 22 heavy (non-hydrogen) atoms. The predicted molar refractivity (Wildman–Crippen MR) is 84.2 cm³/mol. The van der Waals surface area contributed by atoms with Gasteiger partial charge in [0.1, 0.15) is 5.82 Å². The standard InChI is InChI=1S/C16H21N5O/c1-10-7-12(8-17)9-21(10)16(22)14-5-3-13(4-6-14)15-18-11(2)19-20-15/h3-6,10,12H,7-9,17H2,1-2H3,(H,18,19,20). The number of nitrogens with one attached hydrogen (secondary N) is 1. The van der Waals surface area contributed by atoms with Crippen LogP contribution in [0.2, 0.25) is 0 Å². The van der Waals surface area contributed by atoms with Crippen LogP contribution in [0.3, 0.4) is 0 Å². The smallest absolute Gasteiger partial charge is 0.254 e. The number of aromatic nitrogens is 3. The third-order valence-electron chi connectivity index (χ3n) is 4.24. The highest BCUT2D eigenvalue weighted by Gasteiger charge is 2.31. The molecule has 2 aromatic rings. The fourth-order valence-electron chi connectivity index (χ4n) is 3.00. The minimum atomic E-state index is 0.0705. The quantitative estimate of drug-likeness (QED) is 0.901. The Bertz CT molecular complexity index is 663. The number of nitrogens with two attached hydrogens (primary N) is 1. The van der Waals surface area contributed by atoms with Crippen LogP contribution in [0.1, 0.15) is 29.5 Å². The number of nitrogens with zero attached hydrogens (tertiary/aromatic N) is 3. The zero-order chi connectivity index (χ0) is 15.7. The van der Waals surface area contributed by atoms with Crippen LogP contribution >= 0.6 is 0 Å². The maximum absolute atomic E-state index is 12.6. The number of carbonyl (C=O) groups is 1. The number of benzene rings is 1. The molecule has 0 aliphatic carbocycles. The number of hydrogen-bond acceptors (Lipinski definition) is 4. The van der Waals surface area contributed by atoms with E-state index >= 15 is 0 Å². The highest BCUT2D eigenvalue weighted by molar-refractivity contribution is 5.95. The molecule has 2 atom stereocenters. The first kappa shape index (κ1) is 14.7. The van der Waals surface area contributed by atoms with Gasteiger partial charge in [-0.15, -0.1) is 0 Å². The normalized spacial score (nSPS) is 21.3. The average Bonchev–Trinajstić information content (AvgIpc) is 3.12. The van der Waals surface area contributed by atoms with Crippen LogP contribution in [0.25, 0.3) is 11.4 Å². The number of H-pyrrole nitrogens is 1. The molecule has 6 heteroatoms. The SMILES string of the molecule is Cc1nc(-c2ccc(C(=O)N3CC(CN)CC3C)cc2)n[nH]1. The van der Waals surface area contributed by atoms with Crippen LogP contribution in [0.15, 0.2) is 24.3 Å². The van der Waals surface area contributed by atoms with Crippen LogP contribution in [-0.2, 0) is 0 Å². The van der Waals surface area contributed by atoms with Crippen LogP contribution in [-0.4, -0.2) is 45.1 Å². The van der Waals surface area contributed by atoms with E-state index in [0.29, 0.717) is 23.9 Å². The zero-order valence-electron chi connectivity index (χ0n) is 12.9. The molecule has 0 saturated carbocycles. The van der Waals surface area contributed by atoms with E-state index in [-0.39, 0.29) is 11.9 Å². The number of hydrogen-bond donors (Lipinski definition) is 2. The van der Waals surface area contributed by atoms with Gasteiger partial charge in [0.25, 0.3) is 5.91 Å². The number of carbonyl (C=O) groups excluding carboxylic acids is 1. The lowest BCUT2D eigenvalue weighted by Gasteiger charge is -2.21. The van der Waals surface area contributed by atoms with Gasteiger partial charge < -0.3 is 10.6 Å². The molecule has 6 nitrogen and oxygen atoms in total. The van der Waals surface area contributed by atoms with Gasteiger partial charge >= 0.3 is 0 Å². The zero-order valence-corrected chi connectivity index (χ0v) is 12.9. The van der Waals surface area contributed by atoms with E-state index in [2.05, 4.69) is 22.1 Å². The summed E-state index contributed by atoms with van der Waals surface area (Å²) in [6.45, 7) is 5.32. The second kappa shape index (κ2) is 5.88. The van der Waals surface area contributed by atoms with E-state index in [9.17, 15) is 4.79 Å². The van der Waals surface area contributed by atoms with Gasteiger partial charge in [-0.05, 0) is 44.9 Å². The van der Waals surface area contributed by atoms with Crippen molar-refractivity contribution in [3.63, 3.8) is 0 Å². The van der Waals surface area contributed by atoms with Gasteiger partial charge in [0.15, 0.2) is 5.82 Å². The number of likely N-dealkylation sites (tertiary alicyclic amines) is 1. The molecule has 0 bridgehead atoms. The van der Waals surface area contributed by atoms with Crippen LogP contribution < -0.4 is 5.73 Å². The molecule has 3 rings (SSSR count). The number of rotatable bonds is 3. The molecule has 1 aliphatic rings. The summed E-state index contributed by atoms with van der Waals surface area (Å²) in [6, 6.07) is 7.70. The molecular weight excluding hydrogens is 278 g/mol. The molecule has 116 valence electrons. The fraction of sp³-hybridized carbons (Fsp3) is 0.438. The van der Waals surface area contributed by atoms with Gasteiger partial charge in [0.05, 0.1) is 0 Å². The summed E-state index contributed by atoms with van der Waals surface area (Å²) in [5, 5.41) is 6.94. The van der Waals surface area contributed by atoms with Crippen molar-refractivity contribution in [3.05, 3.63) is 35.7 Å². The Balaban J connectivity index is 1.76. The van der Waals surface area contributed by atoms with Crippen molar-refractivity contribution in [3.8, 4) is 11.4 Å². The molecule has 1 fully saturated rings. The van der Waals surface area contributed by atoms with Crippen molar-refractivity contribution in [2.45, 2.75) is 26.3 Å². The van der Waals surface area contributed by atoms with Gasteiger partial charge in [-0.25, -0.2) is 4.98 Å². The molecule has 1 aliphatic heterocycles. The fourth-order valence-corrected chi connectivity index (χ4v) is 3.00. The van der Waals surface area contributed by atoms with E-state index in [1.54, 1.807) is 0 Å². The maximum atomic E-state index is 12.6. The van der Waals surface area contributed by atoms with Crippen LogP contribution in [0.4, 0.5) is 0 Å². The lowest BCUT2D eigenvalue weighted by molar-refractivity contribution is 0.0743. The molecule has 0 spiro atoms. The van der Waals surface area contributed by atoms with Crippen molar-refractivity contribution >= 4 is 5.91 Å². The summed E-state index contributed by atoms with van der Waals surface area (Å²) in [6.07, 6.45) is 0.983. The van der Waals surface area contributed by atoms with Crippen LogP contribution in [0, 0.1) is 12.8 Å². The van der Waals surface area contributed by atoms with Crippen molar-refractivity contribution in [1.29, 1.82) is 0 Å². The Morgan fingerprint density at radius 3 is 2.68 bits per heavy atom. The lowest BCUT2D eigenvalue weighted by Crippen LogP contribution is -2.34. The molecule has 3 N–H and O–H groups in total. The molecule has 2 heterocycles. The Hall–Kier alpha value is -2.21. The molecular formula is C16H21N5O. The topological polar surface area (TPSA) is 87.9 Å². The summed E-state index contributed by atoms with van der Waals surface area (Å²) in [7, 11) is 0. The second-order valence-corrected chi connectivity index (χ2v) is 5.97. The van der Waals surface area contributed by atoms with Crippen LogP contribution in [0.5, 0.6) is 0 Å². The third-order valence-corrected chi connectivity index (χ3v) is 4.24. The van der Waals surface area contributed by atoms with Gasteiger partial charge in [-0.1, -0.05) is 12.1 Å². The summed E-state index contributed by atoms with van der Waals surface area (Å²) in [5.74, 6) is 1.90. The molecule has 1 amide bonds. The molecule has 1 aromatic heterocycles. The van der Waals surface area contributed by atoms with Gasteiger partial charge in [-0.3, -0.25) is 9.89 Å². The van der Waals surface area contributed by atoms with Crippen molar-refractivity contribution < 1.29 is 4.79 Å². The number of aromatic amines is 1. The lowest BCUT2D eigenvalue weighted by atomic mass is 10.1. The first-order chi connectivity index (χ1) is 10.6. The van der Waals surface area contributed by atoms with E-state index in [1.807, 2.05) is 36.1 Å². The Labute approximate surface area is 129 Å². The van der Waals surface area contributed by atoms with Gasteiger partial charge in [-0.2, -0.15) is 5.10 Å². The first-order valence-electron chi connectivity index (χ1n) is 7.59. The van der Waals surface area contributed by atoms with E-state index < -0.39 is 0 Å². The highest BCUT2D eigenvalue weighted by atomic mass is 16.2. The van der Waals surface area contributed by atoms with Crippen molar-refractivity contribution in [2.75, 3.05) is 13.1 Å². The Kier molecular flexibility index (Phi) is 3.94. The molecule has 0 radical (unpaired) electrons. The molecule has 2 unspecified atom stereocenters. The Morgan fingerprint density at radius 2 is 2.14 bits per heavy atom. The van der Waals surface area contributed by atoms with Gasteiger partial charge in [0, 0.05) is 23.7 Å². The summed E-state index contributed by atoms with van der Waals surface area (Å²) < 4.78 is 0. The van der Waals surface area contributed by atoms with Gasteiger partial charge in [0.2, 0.25) is 0 Å². The summed E-state index contributed by atoms with van der Waals surface area (Å²) >= 11 is 0. The molecule has 1 saturated heterocycles. The number of amides is 1. The first-order valence-corrected chi connectivity index (χ1v) is 7.59. The second-order valence-electron chi connectivity index (χ2n) is 5.97. The summed E-state index contributed by atoms with van der Waals surface area (Å²) in [4.78, 5) is 18.8. The Morgan fingerprint density at radius 1 is 1.41 bits per heavy atom. The maximum Gasteiger partial charge on any atom is 0.254 e. The highest BCUT2D eigenvalue weighted by Crippen LogP contribution is 2.25. The monoisotopic (exact) mass is 299 g/mol. The number of aryl methyl sites for hydroxylation is 1. The van der Waals surface area contributed by atoms with E-state index in [4.69, 9.17) is 5.73 Å². The van der Waals surface area contributed by atoms with E-state index in [0.717, 1.165) is 24.4 Å². The third kappa shape index (κ3) is 2.74. The summed E-state index contributed by atoms with van der Waals surface area (Å²) in [5.41, 5.74) is 7.32. The largest absolute Gasteiger partial charge is 0.336 e. The molecule has 1 aromatic carbocycles. The van der Waals surface area contributed by atoms with E-state index in [1.165, 1.54) is 0 Å². The van der Waals surface area contributed by atoms with Crippen molar-refractivity contribution in [1.82, 2.24) is 20.1 Å².